The Labute approximate surface area is 295 Å². The first kappa shape index (κ1) is 34.5. The van der Waals surface area contributed by atoms with Gasteiger partial charge < -0.3 is 14.4 Å². The lowest BCUT2D eigenvalue weighted by atomic mass is 9.68. The molecule has 2 aliphatic carbocycles. The monoisotopic (exact) mass is 699 g/mol. The summed E-state index contributed by atoms with van der Waals surface area (Å²) in [6, 6.07) is 12.2. The minimum absolute atomic E-state index is 0.0159. The highest BCUT2D eigenvalue weighted by molar-refractivity contribution is 7.92. The van der Waals surface area contributed by atoms with Crippen molar-refractivity contribution in [3.05, 3.63) is 88.8 Å². The Morgan fingerprint density at radius 1 is 1.20 bits per heavy atom. The van der Waals surface area contributed by atoms with E-state index in [1.165, 1.54) is 22.9 Å². The topological polar surface area (TPSA) is 115 Å². The van der Waals surface area contributed by atoms with Gasteiger partial charge in [0, 0.05) is 43.9 Å². The van der Waals surface area contributed by atoms with Crippen LogP contribution in [-0.2, 0) is 33.0 Å². The van der Waals surface area contributed by atoms with E-state index >= 15 is 0 Å². The van der Waals surface area contributed by atoms with E-state index in [2.05, 4.69) is 56.4 Å². The lowest BCUT2D eigenvalue weighted by Gasteiger charge is -2.46. The van der Waals surface area contributed by atoms with E-state index in [-0.39, 0.29) is 28.8 Å². The normalized spacial score (nSPS) is 30.2. The van der Waals surface area contributed by atoms with Crippen LogP contribution in [-0.4, -0.2) is 64.5 Å². The number of carbonyl (C=O) groups excluding carboxylic acids is 2. The number of nitrogens with one attached hydrogen (secondary N) is 1. The average Bonchev–Trinajstić information content (AvgIpc) is 3.52. The minimum atomic E-state index is -3.51. The van der Waals surface area contributed by atoms with E-state index in [0.717, 1.165) is 56.6 Å². The Morgan fingerprint density at radius 3 is 2.82 bits per heavy atom. The van der Waals surface area contributed by atoms with Crippen LogP contribution in [0.3, 0.4) is 0 Å². The highest BCUT2D eigenvalue weighted by atomic mass is 32.2. The first-order chi connectivity index (χ1) is 24.1. The first-order valence-corrected chi connectivity index (χ1v) is 19.7. The number of carbonyl (C=O) groups is 2. The van der Waals surface area contributed by atoms with Crippen molar-refractivity contribution in [2.45, 2.75) is 77.4 Å². The van der Waals surface area contributed by atoms with Crippen molar-refractivity contribution in [3.63, 3.8) is 0 Å². The molecule has 1 spiro atoms. The number of ether oxygens (including phenoxy) is 2. The summed E-state index contributed by atoms with van der Waals surface area (Å²) in [5, 5.41) is 4.18. The highest BCUT2D eigenvalue weighted by Gasteiger charge is 2.44. The maximum atomic E-state index is 14.5. The van der Waals surface area contributed by atoms with E-state index < -0.39 is 21.7 Å². The molecule has 1 aromatic heterocycles. The number of rotatable bonds is 4. The zero-order valence-electron chi connectivity index (χ0n) is 29.6. The molecule has 11 heteroatoms. The molecule has 2 amide bonds. The SMILES string of the molecule is CCn1cc(C(=O)N[S@@]2(=O)=NC(=O)c3ccc4c(c3)N(C[C@@H]3CC[C@H]3[C@@H](OC)/C=C/C[C@H](C)C2)C[C@@]2(CCCc3cc(C)ccc32)CO4)cn1. The maximum absolute atomic E-state index is 14.5. The van der Waals surface area contributed by atoms with Crippen molar-refractivity contribution in [2.24, 2.45) is 22.1 Å². The van der Waals surface area contributed by atoms with Crippen LogP contribution in [0, 0.1) is 24.7 Å². The van der Waals surface area contributed by atoms with Crippen LogP contribution >= 0.6 is 0 Å². The van der Waals surface area contributed by atoms with Gasteiger partial charge in [-0.25, -0.2) is 4.21 Å². The van der Waals surface area contributed by atoms with Crippen molar-refractivity contribution in [2.75, 3.05) is 37.5 Å². The Morgan fingerprint density at radius 2 is 2.06 bits per heavy atom. The summed E-state index contributed by atoms with van der Waals surface area (Å²) < 4.78 is 35.8. The number of amides is 2. The number of allylic oxidation sites excluding steroid dienone is 1. The van der Waals surface area contributed by atoms with Crippen LogP contribution in [0.4, 0.5) is 5.69 Å². The third-order valence-corrected chi connectivity index (χ3v) is 13.2. The number of anilines is 1. The molecule has 3 heterocycles. The predicted molar refractivity (Wildman–Crippen MR) is 195 cm³/mol. The van der Waals surface area contributed by atoms with Gasteiger partial charge in [-0.15, -0.1) is 4.36 Å². The second-order valence-electron chi connectivity index (χ2n) is 14.8. The van der Waals surface area contributed by atoms with Gasteiger partial charge in [-0.2, -0.15) is 5.10 Å². The molecule has 1 saturated carbocycles. The third kappa shape index (κ3) is 6.86. The minimum Gasteiger partial charge on any atom is -0.490 e. The molecule has 6 atom stereocenters. The highest BCUT2D eigenvalue weighted by Crippen LogP contribution is 2.47. The first-order valence-electron chi connectivity index (χ1n) is 18.0. The number of methoxy groups -OCH3 is 1. The number of nitrogens with zero attached hydrogens (tertiary/aromatic N) is 4. The molecule has 0 unspecified atom stereocenters. The molecule has 2 bridgehead atoms. The summed E-state index contributed by atoms with van der Waals surface area (Å²) in [5.74, 6) is 0.177. The largest absolute Gasteiger partial charge is 0.490 e. The van der Waals surface area contributed by atoms with Crippen molar-refractivity contribution in [1.82, 2.24) is 14.5 Å². The van der Waals surface area contributed by atoms with Crippen LogP contribution in [0.2, 0.25) is 0 Å². The van der Waals surface area contributed by atoms with Crippen LogP contribution < -0.4 is 14.4 Å². The predicted octanol–water partition coefficient (Wildman–Crippen LogP) is 6.27. The molecule has 2 aliphatic heterocycles. The average molecular weight is 700 g/mol. The number of aryl methyl sites for hydroxylation is 3. The maximum Gasteiger partial charge on any atom is 0.286 e. The van der Waals surface area contributed by atoms with Gasteiger partial charge >= 0.3 is 0 Å². The van der Waals surface area contributed by atoms with Gasteiger partial charge in [0.05, 0.1) is 35.9 Å². The molecule has 3 aromatic rings. The van der Waals surface area contributed by atoms with Gasteiger partial charge in [0.2, 0.25) is 0 Å². The van der Waals surface area contributed by atoms with Gasteiger partial charge in [-0.05, 0) is 99.5 Å². The van der Waals surface area contributed by atoms with Crippen molar-refractivity contribution >= 4 is 27.4 Å². The van der Waals surface area contributed by atoms with Crippen molar-refractivity contribution < 1.29 is 23.3 Å². The Bertz CT molecular complexity index is 1930. The Balaban J connectivity index is 1.30. The number of benzene rings is 2. The van der Waals surface area contributed by atoms with Crippen LogP contribution in [0.5, 0.6) is 5.75 Å². The van der Waals surface area contributed by atoms with Gasteiger partial charge in [-0.3, -0.25) is 19.0 Å². The zero-order valence-corrected chi connectivity index (χ0v) is 30.4. The molecule has 266 valence electrons. The lowest BCUT2D eigenvalue weighted by molar-refractivity contribution is 0.0131. The summed E-state index contributed by atoms with van der Waals surface area (Å²) in [4.78, 5) is 29.7. The van der Waals surface area contributed by atoms with E-state index in [9.17, 15) is 13.8 Å². The number of hydrogen-bond donors (Lipinski definition) is 1. The van der Waals surface area contributed by atoms with Crippen LogP contribution in [0.25, 0.3) is 0 Å². The third-order valence-electron chi connectivity index (χ3n) is 11.2. The van der Waals surface area contributed by atoms with Gasteiger partial charge in [0.1, 0.15) is 15.7 Å². The molecule has 1 fully saturated rings. The smallest absolute Gasteiger partial charge is 0.286 e. The van der Waals surface area contributed by atoms with Crippen LogP contribution in [0.1, 0.15) is 83.4 Å². The Hall–Kier alpha value is -3.96. The Kier molecular flexibility index (Phi) is 9.64. The van der Waals surface area contributed by atoms with Gasteiger partial charge in [0.15, 0.2) is 0 Å². The fourth-order valence-electron chi connectivity index (χ4n) is 8.39. The molecule has 10 nitrogen and oxygen atoms in total. The van der Waals surface area contributed by atoms with Gasteiger partial charge in [0.25, 0.3) is 11.8 Å². The molecular formula is C39H49N5O5S. The lowest BCUT2D eigenvalue weighted by Crippen LogP contribution is -2.49. The molecule has 7 rings (SSSR count). The zero-order chi connectivity index (χ0) is 35.0. The summed E-state index contributed by atoms with van der Waals surface area (Å²) in [6.45, 7) is 8.73. The van der Waals surface area contributed by atoms with E-state index in [1.54, 1.807) is 24.1 Å². The molecule has 0 radical (unpaired) electrons. The summed E-state index contributed by atoms with van der Waals surface area (Å²) in [6.07, 6.45) is 13.2. The van der Waals surface area contributed by atoms with Crippen molar-refractivity contribution in [3.8, 4) is 5.75 Å². The van der Waals surface area contributed by atoms with E-state index in [4.69, 9.17) is 9.47 Å². The van der Waals surface area contributed by atoms with Crippen molar-refractivity contribution in [1.29, 1.82) is 0 Å². The second kappa shape index (κ2) is 14.0. The van der Waals surface area contributed by atoms with E-state index in [1.807, 2.05) is 26.0 Å². The number of hydrogen-bond acceptors (Lipinski definition) is 7. The van der Waals surface area contributed by atoms with Crippen LogP contribution in [0.15, 0.2) is 65.3 Å². The summed E-state index contributed by atoms with van der Waals surface area (Å²) in [7, 11) is -1.73. The number of aromatic nitrogens is 2. The fraction of sp³-hybridized carbons (Fsp3) is 0.513. The quantitative estimate of drug-likeness (QED) is 0.319. The molecule has 50 heavy (non-hydrogen) atoms. The summed E-state index contributed by atoms with van der Waals surface area (Å²) in [5.41, 5.74) is 5.25. The van der Waals surface area contributed by atoms with Gasteiger partial charge in [-0.1, -0.05) is 42.8 Å². The standard InChI is InChI=1S/C39H49N5O5S/c1-5-44-22-31(20-40-44)38(46)42-50(47)23-27(3)8-6-10-35(48-4)32-14-12-30(32)21-43-24-39(17-7-9-28-18-26(2)11-15-33(28)39)25-49-36-16-13-29(19-34(36)43)37(45)41-50/h6,10-11,13,15-16,18-20,22,27,30,32,35H,5,7-9,12,14,17,21,23-25H2,1-4H3,(H,41,42,45,46,47)/b10-6+/t27-,30-,32+,35-,39-,50-/m0/s1. The second-order valence-corrected chi connectivity index (χ2v) is 16.8. The molecular weight excluding hydrogens is 651 g/mol. The molecule has 2 aromatic carbocycles. The molecule has 0 saturated heterocycles. The summed E-state index contributed by atoms with van der Waals surface area (Å²) >= 11 is 0. The fourth-order valence-corrected chi connectivity index (χ4v) is 10.3. The van der Waals surface area contributed by atoms with E-state index in [0.29, 0.717) is 37.0 Å². The molecule has 4 aliphatic rings. The number of fused-ring (bicyclic) bond motifs is 4. The molecule has 1 N–H and O–H groups in total.